The minimum Gasteiger partial charge on any atom is -0.326 e. The van der Waals surface area contributed by atoms with E-state index in [4.69, 9.17) is 0 Å². The molecule has 6 nitrogen and oxygen atoms in total. The first kappa shape index (κ1) is 17.9. The van der Waals surface area contributed by atoms with Crippen molar-refractivity contribution in [3.8, 4) is 0 Å². The maximum absolute atomic E-state index is 12.1. The average molecular weight is 361 g/mol. The summed E-state index contributed by atoms with van der Waals surface area (Å²) in [5.41, 5.74) is 1.93. The van der Waals surface area contributed by atoms with E-state index in [1.165, 1.54) is 22.0 Å². The molecule has 1 aromatic rings. The van der Waals surface area contributed by atoms with E-state index in [0.29, 0.717) is 0 Å². The van der Waals surface area contributed by atoms with Gasteiger partial charge < -0.3 is 5.32 Å². The molecule has 2 saturated heterocycles. The van der Waals surface area contributed by atoms with E-state index in [0.717, 1.165) is 25.3 Å². The van der Waals surface area contributed by atoms with Crippen molar-refractivity contribution in [1.82, 2.24) is 9.80 Å². The lowest BCUT2D eigenvalue weighted by Gasteiger charge is -2.26. The topological polar surface area (TPSA) is 69.7 Å². The van der Waals surface area contributed by atoms with Gasteiger partial charge >= 0.3 is 0 Å². The highest BCUT2D eigenvalue weighted by atomic mass is 32.2. The SMILES string of the molecule is O=C(CCN1C(=O)CCC1=O)Nc1cccc(CN2CCSCC2)c1. The highest BCUT2D eigenvalue weighted by Gasteiger charge is 2.28. The van der Waals surface area contributed by atoms with E-state index in [9.17, 15) is 14.4 Å². The van der Waals surface area contributed by atoms with Gasteiger partial charge in [0.25, 0.3) is 0 Å². The quantitative estimate of drug-likeness (QED) is 0.781. The van der Waals surface area contributed by atoms with Crippen molar-refractivity contribution in [2.24, 2.45) is 0 Å². The Hall–Kier alpha value is -1.86. The van der Waals surface area contributed by atoms with Crippen LogP contribution in [-0.4, -0.2) is 58.7 Å². The number of nitrogens with zero attached hydrogens (tertiary/aromatic N) is 2. The van der Waals surface area contributed by atoms with Crippen LogP contribution >= 0.6 is 11.8 Å². The Morgan fingerprint density at radius 2 is 1.84 bits per heavy atom. The normalized spacial score (nSPS) is 18.6. The van der Waals surface area contributed by atoms with Gasteiger partial charge in [-0.05, 0) is 17.7 Å². The van der Waals surface area contributed by atoms with Gasteiger partial charge in [0.1, 0.15) is 0 Å². The summed E-state index contributed by atoms with van der Waals surface area (Å²) < 4.78 is 0. The zero-order valence-corrected chi connectivity index (χ0v) is 15.0. The summed E-state index contributed by atoms with van der Waals surface area (Å²) in [6, 6.07) is 7.86. The molecule has 0 aliphatic carbocycles. The number of nitrogens with one attached hydrogen (secondary N) is 1. The molecule has 0 radical (unpaired) electrons. The van der Waals surface area contributed by atoms with Crippen LogP contribution in [0.1, 0.15) is 24.8 Å². The summed E-state index contributed by atoms with van der Waals surface area (Å²) in [6.45, 7) is 3.24. The second kappa shape index (κ2) is 8.49. The standard InChI is InChI=1S/C18H23N3O3S/c22-16(6-7-21-17(23)4-5-18(21)24)19-15-3-1-2-14(12-15)13-20-8-10-25-11-9-20/h1-3,12H,4-11,13H2,(H,19,22). The zero-order chi connectivity index (χ0) is 17.6. The minimum absolute atomic E-state index is 0.130. The van der Waals surface area contributed by atoms with Gasteiger partial charge in [-0.2, -0.15) is 11.8 Å². The van der Waals surface area contributed by atoms with Crippen LogP contribution in [-0.2, 0) is 20.9 Å². The number of anilines is 1. The lowest BCUT2D eigenvalue weighted by molar-refractivity contribution is -0.138. The summed E-state index contributed by atoms with van der Waals surface area (Å²) in [4.78, 5) is 38.8. The predicted octanol–water partition coefficient (Wildman–Crippen LogP) is 1.71. The third kappa shape index (κ3) is 5.06. The number of hydrogen-bond acceptors (Lipinski definition) is 5. The van der Waals surface area contributed by atoms with Gasteiger partial charge in [-0.3, -0.25) is 24.2 Å². The molecule has 3 rings (SSSR count). The molecule has 0 saturated carbocycles. The number of imide groups is 1. The van der Waals surface area contributed by atoms with Crippen molar-refractivity contribution in [1.29, 1.82) is 0 Å². The zero-order valence-electron chi connectivity index (χ0n) is 14.2. The molecular weight excluding hydrogens is 338 g/mol. The minimum atomic E-state index is -0.181. The molecule has 0 aromatic heterocycles. The van der Waals surface area contributed by atoms with Gasteiger partial charge in [0, 0.05) is 62.6 Å². The lowest BCUT2D eigenvalue weighted by atomic mass is 10.2. The monoisotopic (exact) mass is 361 g/mol. The summed E-state index contributed by atoms with van der Waals surface area (Å²) in [7, 11) is 0. The maximum atomic E-state index is 12.1. The van der Waals surface area contributed by atoms with Gasteiger partial charge in [-0.15, -0.1) is 0 Å². The Bertz CT molecular complexity index is 643. The van der Waals surface area contributed by atoms with Crippen LogP contribution in [0.4, 0.5) is 5.69 Å². The third-order valence-corrected chi connectivity index (χ3v) is 5.38. The van der Waals surface area contributed by atoms with Gasteiger partial charge in [-0.1, -0.05) is 12.1 Å². The Kier molecular flexibility index (Phi) is 6.09. The highest BCUT2D eigenvalue weighted by Crippen LogP contribution is 2.17. The second-order valence-corrected chi connectivity index (χ2v) is 7.55. The van der Waals surface area contributed by atoms with Gasteiger partial charge in [0.2, 0.25) is 17.7 Å². The number of hydrogen-bond donors (Lipinski definition) is 1. The van der Waals surface area contributed by atoms with Crippen LogP contribution in [0.25, 0.3) is 0 Å². The van der Waals surface area contributed by atoms with Crippen molar-refractivity contribution >= 4 is 35.2 Å². The predicted molar refractivity (Wildman–Crippen MR) is 98.2 cm³/mol. The molecule has 0 unspecified atom stereocenters. The van der Waals surface area contributed by atoms with Crippen LogP contribution in [0, 0.1) is 0 Å². The van der Waals surface area contributed by atoms with E-state index in [1.54, 1.807) is 0 Å². The number of carbonyl (C=O) groups is 3. The lowest BCUT2D eigenvalue weighted by Crippen LogP contribution is -2.32. The second-order valence-electron chi connectivity index (χ2n) is 6.33. The first-order valence-corrected chi connectivity index (χ1v) is 9.79. The van der Waals surface area contributed by atoms with E-state index in [1.807, 2.05) is 30.0 Å². The molecule has 2 aliphatic heterocycles. The van der Waals surface area contributed by atoms with Gasteiger partial charge in [0.05, 0.1) is 0 Å². The van der Waals surface area contributed by atoms with Crippen LogP contribution in [0.15, 0.2) is 24.3 Å². The molecule has 2 heterocycles. The Balaban J connectivity index is 1.50. The fourth-order valence-electron chi connectivity index (χ4n) is 3.07. The molecule has 2 aliphatic rings. The maximum Gasteiger partial charge on any atom is 0.229 e. The van der Waals surface area contributed by atoms with Crippen LogP contribution in [0.2, 0.25) is 0 Å². The summed E-state index contributed by atoms with van der Waals surface area (Å²) >= 11 is 1.99. The van der Waals surface area contributed by atoms with E-state index < -0.39 is 0 Å². The summed E-state index contributed by atoms with van der Waals surface area (Å²) in [5.74, 6) is 1.80. The summed E-state index contributed by atoms with van der Waals surface area (Å²) in [6.07, 6.45) is 0.653. The van der Waals surface area contributed by atoms with E-state index in [-0.39, 0.29) is 43.5 Å². The molecule has 134 valence electrons. The molecule has 3 amide bonds. The van der Waals surface area contributed by atoms with Crippen molar-refractivity contribution in [3.63, 3.8) is 0 Å². The van der Waals surface area contributed by atoms with Crippen molar-refractivity contribution in [3.05, 3.63) is 29.8 Å². The average Bonchev–Trinajstić information content (AvgIpc) is 2.92. The number of amides is 3. The molecular formula is C18H23N3O3S. The van der Waals surface area contributed by atoms with Crippen molar-refractivity contribution in [2.45, 2.75) is 25.8 Å². The first-order valence-electron chi connectivity index (χ1n) is 8.64. The molecule has 7 heteroatoms. The Labute approximate surface area is 151 Å². The molecule has 1 aromatic carbocycles. The van der Waals surface area contributed by atoms with Crippen LogP contribution in [0.5, 0.6) is 0 Å². The van der Waals surface area contributed by atoms with Gasteiger partial charge in [0.15, 0.2) is 0 Å². The Morgan fingerprint density at radius 3 is 2.56 bits per heavy atom. The molecule has 1 N–H and O–H groups in total. The molecule has 0 atom stereocenters. The van der Waals surface area contributed by atoms with E-state index >= 15 is 0 Å². The van der Waals surface area contributed by atoms with E-state index in [2.05, 4.69) is 16.3 Å². The number of rotatable bonds is 6. The largest absolute Gasteiger partial charge is 0.326 e. The van der Waals surface area contributed by atoms with Gasteiger partial charge in [-0.25, -0.2) is 0 Å². The number of likely N-dealkylation sites (tertiary alicyclic amines) is 1. The molecule has 0 bridgehead atoms. The Morgan fingerprint density at radius 1 is 1.12 bits per heavy atom. The fourth-order valence-corrected chi connectivity index (χ4v) is 4.05. The third-order valence-electron chi connectivity index (χ3n) is 4.44. The fraction of sp³-hybridized carbons (Fsp3) is 0.500. The summed E-state index contributed by atoms with van der Waals surface area (Å²) in [5, 5.41) is 2.86. The smallest absolute Gasteiger partial charge is 0.229 e. The van der Waals surface area contributed by atoms with Crippen molar-refractivity contribution < 1.29 is 14.4 Å². The number of carbonyl (C=O) groups excluding carboxylic acids is 3. The molecule has 0 spiro atoms. The first-order chi connectivity index (χ1) is 12.1. The van der Waals surface area contributed by atoms with Crippen LogP contribution in [0.3, 0.4) is 0 Å². The highest BCUT2D eigenvalue weighted by molar-refractivity contribution is 7.99. The number of thioether (sulfide) groups is 1. The van der Waals surface area contributed by atoms with Crippen LogP contribution < -0.4 is 5.32 Å². The number of benzene rings is 1. The molecule has 2 fully saturated rings. The molecule has 25 heavy (non-hydrogen) atoms. The van der Waals surface area contributed by atoms with Crippen molar-refractivity contribution in [2.75, 3.05) is 36.5 Å².